The first-order chi connectivity index (χ1) is 8.90. The minimum Gasteiger partial charge on any atom is -0.326 e. The molecule has 0 atom stereocenters. The molecule has 0 aromatic heterocycles. The Labute approximate surface area is 119 Å². The van der Waals surface area contributed by atoms with Gasteiger partial charge in [-0.3, -0.25) is 0 Å². The molecule has 1 aromatic rings. The number of benzene rings is 1. The molecule has 19 heavy (non-hydrogen) atoms. The van der Waals surface area contributed by atoms with Gasteiger partial charge in [-0.1, -0.05) is 31.2 Å². The first-order valence-electron chi connectivity index (χ1n) is 7.46. The van der Waals surface area contributed by atoms with Gasteiger partial charge >= 0.3 is 0 Å². The first-order valence-corrected chi connectivity index (χ1v) is 7.46. The Bertz CT molecular complexity index is 349. The highest BCUT2D eigenvalue weighted by atomic mass is 15.1. The standard InChI is InChI=1S/C17H30N2/c1-5-15-7-9-16(10-8-15)11-14-19(4)13-6-12-17(2,3)18/h7-10H,5-6,11-14,18H2,1-4H3. The van der Waals surface area contributed by atoms with Crippen LogP contribution in [0, 0.1) is 0 Å². The van der Waals surface area contributed by atoms with Crippen LogP contribution in [0.4, 0.5) is 0 Å². The highest BCUT2D eigenvalue weighted by Gasteiger charge is 2.10. The SMILES string of the molecule is CCc1ccc(CCN(C)CCCC(C)(C)N)cc1. The van der Waals surface area contributed by atoms with Crippen LogP contribution in [-0.4, -0.2) is 30.6 Å². The second kappa shape index (κ2) is 7.66. The van der Waals surface area contributed by atoms with Crippen molar-refractivity contribution in [3.8, 4) is 0 Å². The van der Waals surface area contributed by atoms with Gasteiger partial charge in [-0.15, -0.1) is 0 Å². The van der Waals surface area contributed by atoms with Crippen molar-refractivity contribution in [2.75, 3.05) is 20.1 Å². The highest BCUT2D eigenvalue weighted by molar-refractivity contribution is 5.22. The summed E-state index contributed by atoms with van der Waals surface area (Å²) in [6.07, 6.45) is 4.51. The molecule has 0 aliphatic carbocycles. The van der Waals surface area contributed by atoms with Crippen molar-refractivity contribution < 1.29 is 0 Å². The lowest BCUT2D eigenvalue weighted by Gasteiger charge is -2.21. The second-order valence-corrected chi connectivity index (χ2v) is 6.32. The minimum atomic E-state index is -0.0309. The lowest BCUT2D eigenvalue weighted by atomic mass is 10.00. The van der Waals surface area contributed by atoms with Gasteiger partial charge in [0.05, 0.1) is 0 Å². The third kappa shape index (κ3) is 7.34. The van der Waals surface area contributed by atoms with Gasteiger partial charge in [0.1, 0.15) is 0 Å². The third-order valence-corrected chi connectivity index (χ3v) is 3.57. The molecule has 0 spiro atoms. The zero-order chi connectivity index (χ0) is 14.3. The molecule has 2 nitrogen and oxygen atoms in total. The summed E-state index contributed by atoms with van der Waals surface area (Å²) < 4.78 is 0. The van der Waals surface area contributed by atoms with Crippen molar-refractivity contribution in [3.63, 3.8) is 0 Å². The fourth-order valence-electron chi connectivity index (χ4n) is 2.18. The van der Waals surface area contributed by atoms with E-state index in [1.807, 2.05) is 0 Å². The second-order valence-electron chi connectivity index (χ2n) is 6.32. The third-order valence-electron chi connectivity index (χ3n) is 3.57. The van der Waals surface area contributed by atoms with Crippen LogP contribution < -0.4 is 5.73 Å². The van der Waals surface area contributed by atoms with Crippen molar-refractivity contribution in [1.82, 2.24) is 4.90 Å². The van der Waals surface area contributed by atoms with Crippen molar-refractivity contribution in [2.45, 2.75) is 52.0 Å². The van der Waals surface area contributed by atoms with E-state index >= 15 is 0 Å². The Hall–Kier alpha value is -0.860. The number of nitrogens with two attached hydrogens (primary N) is 1. The van der Waals surface area contributed by atoms with Crippen LogP contribution in [0.3, 0.4) is 0 Å². The molecule has 0 amide bonds. The largest absolute Gasteiger partial charge is 0.326 e. The van der Waals surface area contributed by atoms with E-state index in [1.165, 1.54) is 17.5 Å². The van der Waals surface area contributed by atoms with Crippen LogP contribution in [-0.2, 0) is 12.8 Å². The lowest BCUT2D eigenvalue weighted by Crippen LogP contribution is -2.33. The number of rotatable bonds is 8. The smallest absolute Gasteiger partial charge is 0.00975 e. The summed E-state index contributed by atoms with van der Waals surface area (Å²) in [5, 5.41) is 0. The summed E-state index contributed by atoms with van der Waals surface area (Å²) in [6.45, 7) is 8.65. The molecule has 0 saturated carbocycles. The van der Waals surface area contributed by atoms with E-state index in [9.17, 15) is 0 Å². The van der Waals surface area contributed by atoms with Gasteiger partial charge in [0, 0.05) is 12.1 Å². The number of hydrogen-bond donors (Lipinski definition) is 1. The van der Waals surface area contributed by atoms with E-state index in [0.29, 0.717) is 0 Å². The molecule has 1 rings (SSSR count). The molecule has 0 bridgehead atoms. The number of nitrogens with zero attached hydrogens (tertiary/aromatic N) is 1. The predicted molar refractivity (Wildman–Crippen MR) is 84.5 cm³/mol. The van der Waals surface area contributed by atoms with Gasteiger partial charge in [-0.2, -0.15) is 0 Å². The molecule has 2 heteroatoms. The molecule has 0 heterocycles. The summed E-state index contributed by atoms with van der Waals surface area (Å²) in [7, 11) is 2.20. The van der Waals surface area contributed by atoms with Crippen LogP contribution in [0.15, 0.2) is 24.3 Å². The maximum atomic E-state index is 6.00. The van der Waals surface area contributed by atoms with Crippen LogP contribution in [0.5, 0.6) is 0 Å². The van der Waals surface area contributed by atoms with Crippen molar-refractivity contribution in [3.05, 3.63) is 35.4 Å². The summed E-state index contributed by atoms with van der Waals surface area (Å²) in [5.41, 5.74) is 8.82. The minimum absolute atomic E-state index is 0.0309. The van der Waals surface area contributed by atoms with Gasteiger partial charge in [0.2, 0.25) is 0 Å². The topological polar surface area (TPSA) is 29.3 Å². The van der Waals surface area contributed by atoms with Gasteiger partial charge in [0.15, 0.2) is 0 Å². The predicted octanol–water partition coefficient (Wildman–Crippen LogP) is 3.24. The molecule has 108 valence electrons. The van der Waals surface area contributed by atoms with Crippen molar-refractivity contribution >= 4 is 0 Å². The fourth-order valence-corrected chi connectivity index (χ4v) is 2.18. The van der Waals surface area contributed by atoms with Crippen LogP contribution >= 0.6 is 0 Å². The average Bonchev–Trinajstić information content (AvgIpc) is 2.35. The monoisotopic (exact) mass is 262 g/mol. The van der Waals surface area contributed by atoms with Gasteiger partial charge in [0.25, 0.3) is 0 Å². The van der Waals surface area contributed by atoms with E-state index in [1.54, 1.807) is 0 Å². The Morgan fingerprint density at radius 2 is 1.63 bits per heavy atom. The Balaban J connectivity index is 2.23. The van der Waals surface area contributed by atoms with Crippen LogP contribution in [0.2, 0.25) is 0 Å². The van der Waals surface area contributed by atoms with E-state index in [4.69, 9.17) is 5.73 Å². The molecule has 0 unspecified atom stereocenters. The van der Waals surface area contributed by atoms with Gasteiger partial charge in [-0.25, -0.2) is 0 Å². The molecule has 0 fully saturated rings. The molecule has 2 N–H and O–H groups in total. The Kier molecular flexibility index (Phi) is 6.53. The molecule has 0 aliphatic rings. The van der Waals surface area contributed by atoms with E-state index < -0.39 is 0 Å². The molecule has 1 aromatic carbocycles. The summed E-state index contributed by atoms with van der Waals surface area (Å²) in [5.74, 6) is 0. The van der Waals surface area contributed by atoms with Crippen molar-refractivity contribution in [1.29, 1.82) is 0 Å². The quantitative estimate of drug-likeness (QED) is 0.779. The Morgan fingerprint density at radius 1 is 1.05 bits per heavy atom. The summed E-state index contributed by atoms with van der Waals surface area (Å²) >= 11 is 0. The molecular formula is C17H30N2. The molecule has 0 aliphatic heterocycles. The van der Waals surface area contributed by atoms with Gasteiger partial charge in [-0.05, 0) is 64.3 Å². The van der Waals surface area contributed by atoms with Crippen LogP contribution in [0.1, 0.15) is 44.7 Å². The van der Waals surface area contributed by atoms with E-state index in [0.717, 1.165) is 32.4 Å². The van der Waals surface area contributed by atoms with Crippen molar-refractivity contribution in [2.24, 2.45) is 5.73 Å². The summed E-state index contributed by atoms with van der Waals surface area (Å²) in [6, 6.07) is 9.00. The number of likely N-dealkylation sites (N-methyl/N-ethyl adjacent to an activating group) is 1. The molecule has 0 radical (unpaired) electrons. The Morgan fingerprint density at radius 3 is 2.16 bits per heavy atom. The zero-order valence-electron chi connectivity index (χ0n) is 13.1. The maximum absolute atomic E-state index is 6.00. The van der Waals surface area contributed by atoms with Gasteiger partial charge < -0.3 is 10.6 Å². The number of aryl methyl sites for hydroxylation is 1. The average molecular weight is 262 g/mol. The fraction of sp³-hybridized carbons (Fsp3) is 0.647. The zero-order valence-corrected chi connectivity index (χ0v) is 13.1. The molecular weight excluding hydrogens is 232 g/mol. The highest BCUT2D eigenvalue weighted by Crippen LogP contribution is 2.09. The van der Waals surface area contributed by atoms with Crippen LogP contribution in [0.25, 0.3) is 0 Å². The lowest BCUT2D eigenvalue weighted by molar-refractivity contribution is 0.313. The van der Waals surface area contributed by atoms with E-state index in [-0.39, 0.29) is 5.54 Å². The normalized spacial score (nSPS) is 12.1. The molecule has 0 saturated heterocycles. The number of hydrogen-bond acceptors (Lipinski definition) is 2. The first kappa shape index (κ1) is 16.2. The van der Waals surface area contributed by atoms with E-state index in [2.05, 4.69) is 57.0 Å². The maximum Gasteiger partial charge on any atom is 0.00975 e. The summed E-state index contributed by atoms with van der Waals surface area (Å²) in [4.78, 5) is 2.40.